The number of imidazole rings is 1. The summed E-state index contributed by atoms with van der Waals surface area (Å²) in [7, 11) is 0. The number of hydrogen-bond donors (Lipinski definition) is 2. The first-order valence-corrected chi connectivity index (χ1v) is 10.5. The second kappa shape index (κ2) is 8.52. The molecule has 1 fully saturated rings. The second-order valence-corrected chi connectivity index (χ2v) is 7.89. The van der Waals surface area contributed by atoms with E-state index in [0.29, 0.717) is 13.1 Å². The van der Waals surface area contributed by atoms with Gasteiger partial charge in [-0.15, -0.1) is 0 Å². The molecule has 7 heteroatoms. The molecule has 27 heavy (non-hydrogen) atoms. The normalized spacial score (nSPS) is 17.3. The number of furan rings is 1. The molecule has 2 N–H and O–H groups in total. The number of fused-ring (bicyclic) bond motifs is 1. The maximum absolute atomic E-state index is 12.5. The number of aromatic nitrogens is 2. The first kappa shape index (κ1) is 18.0. The van der Waals surface area contributed by atoms with Gasteiger partial charge in [0.2, 0.25) is 11.9 Å². The van der Waals surface area contributed by atoms with Crippen LogP contribution in [0.15, 0.2) is 47.1 Å². The van der Waals surface area contributed by atoms with Gasteiger partial charge in [0, 0.05) is 25.4 Å². The molecule has 0 radical (unpaired) electrons. The third-order valence-corrected chi connectivity index (χ3v) is 5.82. The fourth-order valence-electron chi connectivity index (χ4n) is 3.43. The van der Waals surface area contributed by atoms with Crippen molar-refractivity contribution in [2.45, 2.75) is 18.6 Å². The number of rotatable bonds is 7. The van der Waals surface area contributed by atoms with E-state index < -0.39 is 0 Å². The highest BCUT2D eigenvalue weighted by molar-refractivity contribution is 7.98. The van der Waals surface area contributed by atoms with Crippen molar-refractivity contribution < 1.29 is 9.21 Å². The molecule has 1 aliphatic heterocycles. The van der Waals surface area contributed by atoms with Gasteiger partial charge in [-0.25, -0.2) is 4.98 Å². The van der Waals surface area contributed by atoms with Crippen molar-refractivity contribution in [2.75, 3.05) is 30.3 Å². The minimum Gasteiger partial charge on any atom is -0.468 e. The topological polar surface area (TPSA) is 74.2 Å². The molecular formula is C20H24N4O2S. The van der Waals surface area contributed by atoms with Crippen molar-refractivity contribution in [2.24, 2.45) is 5.92 Å². The number of benzene rings is 1. The van der Waals surface area contributed by atoms with Gasteiger partial charge in [0.15, 0.2) is 0 Å². The number of H-pyrrole nitrogens is 1. The molecule has 0 bridgehead atoms. The zero-order valence-electron chi connectivity index (χ0n) is 15.2. The number of aromatic amines is 1. The van der Waals surface area contributed by atoms with Crippen LogP contribution in [0.5, 0.6) is 0 Å². The van der Waals surface area contributed by atoms with Crippen molar-refractivity contribution in [3.63, 3.8) is 0 Å². The summed E-state index contributed by atoms with van der Waals surface area (Å²) in [4.78, 5) is 22.8. The van der Waals surface area contributed by atoms with Gasteiger partial charge in [0.1, 0.15) is 5.76 Å². The Kier molecular flexibility index (Phi) is 5.67. The molecule has 0 saturated carbocycles. The molecule has 1 saturated heterocycles. The Bertz CT molecular complexity index is 844. The Morgan fingerprint density at radius 3 is 3.11 bits per heavy atom. The van der Waals surface area contributed by atoms with E-state index in [4.69, 9.17) is 4.42 Å². The largest absolute Gasteiger partial charge is 0.468 e. The molecule has 2 aromatic heterocycles. The lowest BCUT2D eigenvalue weighted by atomic mass is 9.97. The number of carbonyl (C=O) groups is 1. The Labute approximate surface area is 162 Å². The van der Waals surface area contributed by atoms with E-state index in [1.54, 1.807) is 18.0 Å². The third-order valence-electron chi connectivity index (χ3n) is 4.84. The molecule has 1 aliphatic rings. The Balaban J connectivity index is 1.25. The maximum atomic E-state index is 12.5. The zero-order chi connectivity index (χ0) is 18.5. The molecular weight excluding hydrogens is 360 g/mol. The van der Waals surface area contributed by atoms with Gasteiger partial charge in [0.25, 0.3) is 0 Å². The summed E-state index contributed by atoms with van der Waals surface area (Å²) in [5.74, 6) is 3.72. The summed E-state index contributed by atoms with van der Waals surface area (Å²) < 4.78 is 5.31. The van der Waals surface area contributed by atoms with Gasteiger partial charge in [-0.05, 0) is 37.1 Å². The van der Waals surface area contributed by atoms with Crippen molar-refractivity contribution >= 4 is 34.7 Å². The number of para-hydroxylation sites is 2. The molecule has 1 amide bonds. The molecule has 142 valence electrons. The van der Waals surface area contributed by atoms with Gasteiger partial charge >= 0.3 is 0 Å². The molecule has 1 aromatic carbocycles. The summed E-state index contributed by atoms with van der Waals surface area (Å²) in [6.07, 6.45) is 3.62. The minimum absolute atomic E-state index is 0.0158. The van der Waals surface area contributed by atoms with Gasteiger partial charge < -0.3 is 19.6 Å². The second-order valence-electron chi connectivity index (χ2n) is 6.79. The number of piperidine rings is 1. The lowest BCUT2D eigenvalue weighted by Crippen LogP contribution is -2.44. The number of nitrogens with zero attached hydrogens (tertiary/aromatic N) is 2. The van der Waals surface area contributed by atoms with Crippen LogP contribution >= 0.6 is 11.8 Å². The standard InChI is InChI=1S/C20H24N4O2S/c25-19(21-9-12-27-14-16-6-4-11-26-16)15-5-3-10-24(13-15)20-22-17-7-1-2-8-18(17)23-20/h1-2,4,6-8,11,15H,3,5,9-10,12-14H2,(H,21,25)(H,22,23)/t15-/m0/s1. The molecule has 6 nitrogen and oxygen atoms in total. The number of amides is 1. The van der Waals surface area contributed by atoms with Gasteiger partial charge in [-0.3, -0.25) is 4.79 Å². The van der Waals surface area contributed by atoms with Crippen molar-refractivity contribution in [3.8, 4) is 0 Å². The highest BCUT2D eigenvalue weighted by atomic mass is 32.2. The molecule has 0 unspecified atom stereocenters. The zero-order valence-corrected chi connectivity index (χ0v) is 16.0. The van der Waals surface area contributed by atoms with E-state index in [-0.39, 0.29) is 11.8 Å². The van der Waals surface area contributed by atoms with Crippen LogP contribution in [0.25, 0.3) is 11.0 Å². The molecule has 3 heterocycles. The predicted molar refractivity (Wildman–Crippen MR) is 109 cm³/mol. The lowest BCUT2D eigenvalue weighted by Gasteiger charge is -2.31. The molecule has 1 atom stereocenters. The van der Waals surface area contributed by atoms with E-state index in [0.717, 1.165) is 53.6 Å². The Hall–Kier alpha value is -2.41. The number of nitrogens with one attached hydrogen (secondary N) is 2. The highest BCUT2D eigenvalue weighted by Gasteiger charge is 2.27. The number of anilines is 1. The fraction of sp³-hybridized carbons (Fsp3) is 0.400. The molecule has 0 spiro atoms. The van der Waals surface area contributed by atoms with Gasteiger partial charge in [-0.2, -0.15) is 11.8 Å². The summed E-state index contributed by atoms with van der Waals surface area (Å²) >= 11 is 1.77. The quantitative estimate of drug-likeness (QED) is 0.611. The third kappa shape index (κ3) is 4.47. The van der Waals surface area contributed by atoms with E-state index in [2.05, 4.69) is 20.2 Å². The van der Waals surface area contributed by atoms with E-state index in [1.165, 1.54) is 0 Å². The summed E-state index contributed by atoms with van der Waals surface area (Å²) in [5, 5.41) is 3.08. The Morgan fingerprint density at radius 2 is 2.26 bits per heavy atom. The molecule has 3 aromatic rings. The van der Waals surface area contributed by atoms with Crippen LogP contribution in [0.3, 0.4) is 0 Å². The van der Waals surface area contributed by atoms with E-state index in [9.17, 15) is 4.79 Å². The lowest BCUT2D eigenvalue weighted by molar-refractivity contribution is -0.125. The Morgan fingerprint density at radius 1 is 1.33 bits per heavy atom. The smallest absolute Gasteiger partial charge is 0.224 e. The monoisotopic (exact) mass is 384 g/mol. The average molecular weight is 385 g/mol. The number of carbonyl (C=O) groups excluding carboxylic acids is 1. The van der Waals surface area contributed by atoms with Crippen LogP contribution in [0, 0.1) is 5.92 Å². The fourth-order valence-corrected chi connectivity index (χ4v) is 4.19. The predicted octanol–water partition coefficient (Wildman–Crippen LogP) is 3.42. The average Bonchev–Trinajstić information content (AvgIpc) is 3.37. The summed E-state index contributed by atoms with van der Waals surface area (Å²) in [5.41, 5.74) is 2.00. The highest BCUT2D eigenvalue weighted by Crippen LogP contribution is 2.23. The SMILES string of the molecule is O=C(NCCSCc1ccco1)[C@H]1CCCN(c2nc3ccccc3[nH]2)C1. The van der Waals surface area contributed by atoms with Crippen LogP contribution in [0.4, 0.5) is 5.95 Å². The van der Waals surface area contributed by atoms with Gasteiger partial charge in [0.05, 0.1) is 29.0 Å². The molecule has 4 rings (SSSR count). The van der Waals surface area contributed by atoms with E-state index in [1.807, 2.05) is 36.4 Å². The minimum atomic E-state index is 0.0158. The maximum Gasteiger partial charge on any atom is 0.224 e. The summed E-state index contributed by atoms with van der Waals surface area (Å²) in [6.45, 7) is 2.33. The first-order chi connectivity index (χ1) is 13.3. The van der Waals surface area contributed by atoms with E-state index >= 15 is 0 Å². The van der Waals surface area contributed by atoms with Gasteiger partial charge in [-0.1, -0.05) is 12.1 Å². The van der Waals surface area contributed by atoms with Crippen LogP contribution in [0.2, 0.25) is 0 Å². The van der Waals surface area contributed by atoms with Crippen molar-refractivity contribution in [1.29, 1.82) is 0 Å². The van der Waals surface area contributed by atoms with Crippen LogP contribution < -0.4 is 10.2 Å². The number of thioether (sulfide) groups is 1. The van der Waals surface area contributed by atoms with Crippen LogP contribution in [-0.2, 0) is 10.5 Å². The molecule has 0 aliphatic carbocycles. The van der Waals surface area contributed by atoms with Crippen molar-refractivity contribution in [3.05, 3.63) is 48.4 Å². The van der Waals surface area contributed by atoms with Crippen molar-refractivity contribution in [1.82, 2.24) is 15.3 Å². The van der Waals surface area contributed by atoms with Crippen LogP contribution in [0.1, 0.15) is 18.6 Å². The first-order valence-electron chi connectivity index (χ1n) is 9.37. The number of hydrogen-bond acceptors (Lipinski definition) is 5. The summed E-state index contributed by atoms with van der Waals surface area (Å²) in [6, 6.07) is 11.9. The van der Waals surface area contributed by atoms with Crippen LogP contribution in [-0.4, -0.2) is 41.3 Å².